The third kappa shape index (κ3) is 2.43. The van der Waals surface area contributed by atoms with Crippen LogP contribution < -0.4 is 0 Å². The molecule has 0 N–H and O–H groups in total. The lowest BCUT2D eigenvalue weighted by Crippen LogP contribution is -1.93. The molecule has 30 heavy (non-hydrogen) atoms. The van der Waals surface area contributed by atoms with E-state index in [0.717, 1.165) is 13.0 Å². The normalized spacial score (nSPS) is 11.9. The van der Waals surface area contributed by atoms with Crippen molar-refractivity contribution in [2.24, 2.45) is 7.05 Å². The number of hydrogen-bond donors (Lipinski definition) is 0. The van der Waals surface area contributed by atoms with Crippen LogP contribution in [-0.2, 0) is 20.0 Å². The van der Waals surface area contributed by atoms with E-state index in [2.05, 4.69) is 108 Å². The zero-order chi connectivity index (χ0) is 20.2. The predicted molar refractivity (Wildman–Crippen MR) is 128 cm³/mol. The molecule has 0 unspecified atom stereocenters. The lowest BCUT2D eigenvalue weighted by molar-refractivity contribution is 0.827. The molecule has 0 atom stereocenters. The van der Waals surface area contributed by atoms with Gasteiger partial charge < -0.3 is 9.13 Å². The maximum absolute atomic E-state index is 2.41. The largest absolute Gasteiger partial charge is 0.344 e. The molecule has 0 aliphatic heterocycles. The van der Waals surface area contributed by atoms with Gasteiger partial charge in [0.05, 0.1) is 0 Å². The van der Waals surface area contributed by atoms with E-state index in [1.165, 1.54) is 54.7 Å². The minimum atomic E-state index is 0.945. The van der Waals surface area contributed by atoms with Crippen LogP contribution in [0.1, 0.15) is 18.1 Å². The monoisotopic (exact) mass is 388 g/mol. The van der Waals surface area contributed by atoms with Crippen LogP contribution in [0.4, 0.5) is 0 Å². The molecule has 0 amide bonds. The highest BCUT2D eigenvalue weighted by molar-refractivity contribution is 6.09. The Morgan fingerprint density at radius 1 is 0.567 bits per heavy atom. The van der Waals surface area contributed by atoms with Gasteiger partial charge >= 0.3 is 0 Å². The first-order valence-corrected chi connectivity index (χ1v) is 10.7. The lowest BCUT2D eigenvalue weighted by Gasteiger charge is -2.06. The molecule has 0 spiro atoms. The van der Waals surface area contributed by atoms with Gasteiger partial charge in [-0.3, -0.25) is 0 Å². The van der Waals surface area contributed by atoms with Gasteiger partial charge in [-0.2, -0.15) is 0 Å². The lowest BCUT2D eigenvalue weighted by atomic mass is 10.0. The third-order valence-electron chi connectivity index (χ3n) is 6.54. The first kappa shape index (κ1) is 17.3. The van der Waals surface area contributed by atoms with Gasteiger partial charge in [-0.25, -0.2) is 0 Å². The molecule has 4 aromatic carbocycles. The van der Waals surface area contributed by atoms with Gasteiger partial charge in [0.15, 0.2) is 0 Å². The molecule has 0 aliphatic rings. The van der Waals surface area contributed by atoms with Crippen molar-refractivity contribution in [3.05, 3.63) is 96.1 Å². The summed E-state index contributed by atoms with van der Waals surface area (Å²) in [7, 11) is 2.15. The Labute approximate surface area is 176 Å². The third-order valence-corrected chi connectivity index (χ3v) is 6.54. The number of hydrogen-bond acceptors (Lipinski definition) is 0. The Morgan fingerprint density at radius 3 is 1.77 bits per heavy atom. The van der Waals surface area contributed by atoms with Crippen LogP contribution in [0.2, 0.25) is 0 Å². The van der Waals surface area contributed by atoms with Gasteiger partial charge in [0, 0.05) is 57.2 Å². The van der Waals surface area contributed by atoms with E-state index < -0.39 is 0 Å². The van der Waals surface area contributed by atoms with Crippen LogP contribution in [0, 0.1) is 0 Å². The second-order valence-electron chi connectivity index (χ2n) is 8.22. The Bertz CT molecular complexity index is 1560. The Hall–Kier alpha value is -3.52. The van der Waals surface area contributed by atoms with Crippen molar-refractivity contribution >= 4 is 43.6 Å². The van der Waals surface area contributed by atoms with Gasteiger partial charge in [0.25, 0.3) is 0 Å². The van der Waals surface area contributed by atoms with Crippen LogP contribution in [0.5, 0.6) is 0 Å². The van der Waals surface area contributed by atoms with Crippen molar-refractivity contribution < 1.29 is 0 Å². The number of rotatable bonds is 3. The number of benzene rings is 4. The summed E-state index contributed by atoms with van der Waals surface area (Å²) in [6, 6.07) is 31.3. The van der Waals surface area contributed by atoms with Crippen molar-refractivity contribution in [1.29, 1.82) is 0 Å². The van der Waals surface area contributed by atoms with E-state index in [0.29, 0.717) is 0 Å². The Kier molecular flexibility index (Phi) is 3.76. The summed E-state index contributed by atoms with van der Waals surface area (Å²) in [6.45, 7) is 3.21. The summed E-state index contributed by atoms with van der Waals surface area (Å²) in [4.78, 5) is 0. The molecule has 0 bridgehead atoms. The van der Waals surface area contributed by atoms with Crippen molar-refractivity contribution in [2.45, 2.75) is 19.9 Å². The summed E-state index contributed by atoms with van der Waals surface area (Å²) in [6.07, 6.45) is 0.945. The summed E-state index contributed by atoms with van der Waals surface area (Å²) < 4.78 is 4.71. The highest BCUT2D eigenvalue weighted by Crippen LogP contribution is 2.32. The molecule has 6 aromatic rings. The minimum Gasteiger partial charge on any atom is -0.344 e. The molecule has 2 nitrogen and oxygen atoms in total. The maximum Gasteiger partial charge on any atom is 0.0491 e. The van der Waals surface area contributed by atoms with Crippen molar-refractivity contribution in [1.82, 2.24) is 9.13 Å². The molecule has 0 saturated carbocycles. The first-order valence-electron chi connectivity index (χ1n) is 10.7. The minimum absolute atomic E-state index is 0.945. The number of aryl methyl sites for hydroxylation is 2. The summed E-state index contributed by atoms with van der Waals surface area (Å²) in [5, 5.41) is 5.38. The van der Waals surface area contributed by atoms with Gasteiger partial charge in [-0.15, -0.1) is 0 Å². The van der Waals surface area contributed by atoms with E-state index in [4.69, 9.17) is 0 Å². The highest BCUT2D eigenvalue weighted by Gasteiger charge is 2.11. The second kappa shape index (κ2) is 6.50. The number of nitrogens with zero attached hydrogens (tertiary/aromatic N) is 2. The van der Waals surface area contributed by atoms with Crippen LogP contribution >= 0.6 is 0 Å². The van der Waals surface area contributed by atoms with Gasteiger partial charge in [0.2, 0.25) is 0 Å². The van der Waals surface area contributed by atoms with E-state index in [1.807, 2.05) is 0 Å². The Balaban J connectivity index is 1.48. The average molecular weight is 389 g/mol. The maximum atomic E-state index is 2.41. The molecule has 2 heterocycles. The molecule has 146 valence electrons. The highest BCUT2D eigenvalue weighted by atomic mass is 15.0. The number of aromatic nitrogens is 2. The van der Waals surface area contributed by atoms with Crippen LogP contribution in [0.3, 0.4) is 0 Å². The fourth-order valence-electron chi connectivity index (χ4n) is 5.11. The van der Waals surface area contributed by atoms with E-state index in [-0.39, 0.29) is 0 Å². The van der Waals surface area contributed by atoms with Crippen molar-refractivity contribution in [2.75, 3.05) is 0 Å². The SMILES string of the molecule is CCn1c2ccccc2c2cc(Cc3ccc4c(c3)c3ccccc3n4C)ccc21. The average Bonchev–Trinajstić information content (AvgIpc) is 3.26. The van der Waals surface area contributed by atoms with E-state index >= 15 is 0 Å². The summed E-state index contributed by atoms with van der Waals surface area (Å²) >= 11 is 0. The van der Waals surface area contributed by atoms with E-state index in [9.17, 15) is 0 Å². The molecular formula is C28H24N2. The molecule has 6 rings (SSSR count). The van der Waals surface area contributed by atoms with Crippen LogP contribution in [0.15, 0.2) is 84.9 Å². The molecule has 0 fully saturated rings. The summed E-state index contributed by atoms with van der Waals surface area (Å²) in [5.74, 6) is 0. The van der Waals surface area contributed by atoms with E-state index in [1.54, 1.807) is 0 Å². The van der Waals surface area contributed by atoms with Gasteiger partial charge in [-0.05, 0) is 60.9 Å². The van der Waals surface area contributed by atoms with Crippen LogP contribution in [-0.4, -0.2) is 9.13 Å². The molecule has 0 radical (unpaired) electrons. The molecule has 2 heteroatoms. The molecule has 0 aliphatic carbocycles. The predicted octanol–water partition coefficient (Wildman–Crippen LogP) is 7.05. The quantitative estimate of drug-likeness (QED) is 0.307. The number of para-hydroxylation sites is 2. The second-order valence-corrected chi connectivity index (χ2v) is 8.22. The van der Waals surface area contributed by atoms with Crippen molar-refractivity contribution in [3.8, 4) is 0 Å². The molecule has 0 saturated heterocycles. The first-order chi connectivity index (χ1) is 14.7. The topological polar surface area (TPSA) is 9.86 Å². The van der Waals surface area contributed by atoms with Gasteiger partial charge in [0.1, 0.15) is 0 Å². The summed E-state index contributed by atoms with van der Waals surface area (Å²) in [5.41, 5.74) is 7.95. The fourth-order valence-corrected chi connectivity index (χ4v) is 5.11. The standard InChI is InChI=1S/C28H24N2/c1-3-30-27-11-7-5-9-22(27)24-18-20(13-15-28(24)30)16-19-12-14-26-23(17-19)21-8-4-6-10-25(21)29(26)2/h4-15,17-18H,3,16H2,1-2H3. The zero-order valence-electron chi connectivity index (χ0n) is 17.4. The number of fused-ring (bicyclic) bond motifs is 6. The van der Waals surface area contributed by atoms with Crippen LogP contribution in [0.25, 0.3) is 43.6 Å². The fraction of sp³-hybridized carbons (Fsp3) is 0.143. The van der Waals surface area contributed by atoms with Gasteiger partial charge in [-0.1, -0.05) is 48.5 Å². The van der Waals surface area contributed by atoms with Crippen molar-refractivity contribution in [3.63, 3.8) is 0 Å². The molecule has 2 aromatic heterocycles. The molecular weight excluding hydrogens is 364 g/mol. The Morgan fingerprint density at radius 2 is 1.07 bits per heavy atom. The zero-order valence-corrected chi connectivity index (χ0v) is 17.4. The smallest absolute Gasteiger partial charge is 0.0491 e.